The second kappa shape index (κ2) is 8.68. The van der Waals surface area contributed by atoms with Gasteiger partial charge in [0.15, 0.2) is 0 Å². The van der Waals surface area contributed by atoms with E-state index in [1.54, 1.807) is 30.2 Å². The maximum Gasteiger partial charge on any atom is 0.271 e. The second-order valence-corrected chi connectivity index (χ2v) is 6.71. The molecule has 0 aliphatic carbocycles. The Morgan fingerprint density at radius 1 is 1.22 bits per heavy atom. The molecule has 0 spiro atoms. The number of non-ortho nitro benzene ring substituents is 1. The van der Waals surface area contributed by atoms with E-state index in [0.29, 0.717) is 22.6 Å². The lowest BCUT2D eigenvalue weighted by atomic mass is 10.1. The molecule has 0 unspecified atom stereocenters. The van der Waals surface area contributed by atoms with E-state index in [2.05, 4.69) is 25.7 Å². The Bertz CT molecular complexity index is 1350. The predicted molar refractivity (Wildman–Crippen MR) is 117 cm³/mol. The number of rotatable bonds is 7. The highest BCUT2D eigenvalue weighted by Gasteiger charge is 2.14. The first-order valence-corrected chi connectivity index (χ1v) is 9.32. The monoisotopic (exact) mass is 436 g/mol. The van der Waals surface area contributed by atoms with Gasteiger partial charge in [0.1, 0.15) is 17.4 Å². The quantitative estimate of drug-likeness (QED) is 0.323. The Kier molecular flexibility index (Phi) is 5.27. The summed E-state index contributed by atoms with van der Waals surface area (Å²) >= 11 is 0. The zero-order valence-corrected chi connectivity index (χ0v) is 17.0. The number of nitro groups is 1. The molecular formula is C21H18FN7O3. The molecule has 32 heavy (non-hydrogen) atoms. The summed E-state index contributed by atoms with van der Waals surface area (Å²) in [6, 6.07) is 7.92. The van der Waals surface area contributed by atoms with Gasteiger partial charge in [-0.2, -0.15) is 10.1 Å². The van der Waals surface area contributed by atoms with Crippen LogP contribution in [0, 0.1) is 15.9 Å². The molecule has 4 rings (SSSR count). The SMILES string of the molecule is [2H]c1ccc([N+](=O)[O-])cc1Nc1nc(Nc2cnn(C)c2)ncc1-c1cc(F)cc(OC)c1. The van der Waals surface area contributed by atoms with Crippen LogP contribution in [0.4, 0.5) is 33.2 Å². The minimum Gasteiger partial charge on any atom is -0.497 e. The molecule has 0 aliphatic heterocycles. The standard InChI is InChI=1S/C21H18FN7O3/c1-28-12-16(10-24-28)26-21-23-11-19(13-6-14(22)8-18(7-13)32-2)20(27-21)25-15-4-3-5-17(9-15)29(30)31/h3-12H,1-2H3,(H2,23,25,26,27)/i4D. The smallest absolute Gasteiger partial charge is 0.271 e. The minimum atomic E-state index is -0.557. The highest BCUT2D eigenvalue weighted by Crippen LogP contribution is 2.33. The molecule has 2 aromatic carbocycles. The van der Waals surface area contributed by atoms with Crippen LogP contribution < -0.4 is 15.4 Å². The Morgan fingerprint density at radius 2 is 2.06 bits per heavy atom. The second-order valence-electron chi connectivity index (χ2n) is 6.71. The van der Waals surface area contributed by atoms with Crippen molar-refractivity contribution in [3.8, 4) is 16.9 Å². The molecular weight excluding hydrogens is 417 g/mol. The predicted octanol–water partition coefficient (Wildman–Crippen LogP) is 4.42. The lowest BCUT2D eigenvalue weighted by Crippen LogP contribution is -2.03. The third-order valence-electron chi connectivity index (χ3n) is 4.42. The first kappa shape index (κ1) is 19.4. The Hall–Kier alpha value is -4.54. The summed E-state index contributed by atoms with van der Waals surface area (Å²) < 4.78 is 29.1. The van der Waals surface area contributed by atoms with Crippen LogP contribution in [0.15, 0.2) is 61.0 Å². The largest absolute Gasteiger partial charge is 0.497 e. The van der Waals surface area contributed by atoms with E-state index in [4.69, 9.17) is 6.11 Å². The van der Waals surface area contributed by atoms with E-state index in [1.165, 1.54) is 43.6 Å². The maximum absolute atomic E-state index is 14.2. The van der Waals surface area contributed by atoms with Crippen molar-refractivity contribution in [1.82, 2.24) is 19.7 Å². The van der Waals surface area contributed by atoms with Gasteiger partial charge in [-0.15, -0.1) is 0 Å². The number of nitrogens with zero attached hydrogens (tertiary/aromatic N) is 5. The summed E-state index contributed by atoms with van der Waals surface area (Å²) in [5.41, 5.74) is 1.42. The highest BCUT2D eigenvalue weighted by molar-refractivity contribution is 5.79. The Morgan fingerprint density at radius 3 is 2.78 bits per heavy atom. The van der Waals surface area contributed by atoms with E-state index < -0.39 is 10.7 Å². The molecule has 0 aliphatic rings. The van der Waals surface area contributed by atoms with Crippen molar-refractivity contribution < 1.29 is 15.4 Å². The van der Waals surface area contributed by atoms with Crippen LogP contribution in [0.1, 0.15) is 1.37 Å². The number of anilines is 4. The van der Waals surface area contributed by atoms with Gasteiger partial charge in [0.2, 0.25) is 5.95 Å². The molecule has 2 N–H and O–H groups in total. The van der Waals surface area contributed by atoms with Crippen LogP contribution in [-0.4, -0.2) is 31.8 Å². The number of ether oxygens (including phenoxy) is 1. The molecule has 0 radical (unpaired) electrons. The zero-order valence-electron chi connectivity index (χ0n) is 18.0. The number of methoxy groups -OCH3 is 1. The average Bonchev–Trinajstić information content (AvgIpc) is 3.19. The fourth-order valence-electron chi connectivity index (χ4n) is 2.97. The molecule has 2 aromatic heterocycles. The molecule has 162 valence electrons. The van der Waals surface area contributed by atoms with Crippen LogP contribution in [0.25, 0.3) is 11.1 Å². The van der Waals surface area contributed by atoms with E-state index in [9.17, 15) is 14.5 Å². The lowest BCUT2D eigenvalue weighted by Gasteiger charge is -2.14. The van der Waals surface area contributed by atoms with Crippen LogP contribution in [-0.2, 0) is 7.05 Å². The molecule has 0 bridgehead atoms. The van der Waals surface area contributed by atoms with Crippen molar-refractivity contribution >= 4 is 28.8 Å². The molecule has 4 aromatic rings. The molecule has 11 heteroatoms. The normalized spacial score (nSPS) is 11.0. The summed E-state index contributed by atoms with van der Waals surface area (Å²) in [7, 11) is 3.18. The summed E-state index contributed by atoms with van der Waals surface area (Å²) in [5, 5.41) is 21.2. The summed E-state index contributed by atoms with van der Waals surface area (Å²) in [4.78, 5) is 19.4. The van der Waals surface area contributed by atoms with Crippen LogP contribution in [0.3, 0.4) is 0 Å². The van der Waals surface area contributed by atoms with Gasteiger partial charge in [0.05, 0.1) is 25.3 Å². The summed E-state index contributed by atoms with van der Waals surface area (Å²) in [5.74, 6) is 0.182. The number of benzene rings is 2. The van der Waals surface area contributed by atoms with E-state index in [0.717, 1.165) is 0 Å². The van der Waals surface area contributed by atoms with Crippen LogP contribution >= 0.6 is 0 Å². The van der Waals surface area contributed by atoms with Crippen molar-refractivity contribution in [3.63, 3.8) is 0 Å². The molecule has 0 saturated carbocycles. The summed E-state index contributed by atoms with van der Waals surface area (Å²) in [6.45, 7) is 0. The molecule has 0 atom stereocenters. The number of aromatic nitrogens is 4. The topological polar surface area (TPSA) is 120 Å². The number of hydrogen-bond acceptors (Lipinski definition) is 8. The van der Waals surface area contributed by atoms with Crippen molar-refractivity contribution in [2.24, 2.45) is 7.05 Å². The van der Waals surface area contributed by atoms with Gasteiger partial charge in [-0.1, -0.05) is 6.07 Å². The van der Waals surface area contributed by atoms with Gasteiger partial charge in [0.25, 0.3) is 5.69 Å². The molecule has 0 fully saturated rings. The fraction of sp³-hybridized carbons (Fsp3) is 0.0952. The third kappa shape index (κ3) is 4.61. The van der Waals surface area contributed by atoms with Gasteiger partial charge in [0, 0.05) is 48.9 Å². The van der Waals surface area contributed by atoms with Crippen molar-refractivity contribution in [2.75, 3.05) is 17.7 Å². The van der Waals surface area contributed by atoms with E-state index in [1.807, 2.05) is 0 Å². The first-order valence-electron chi connectivity index (χ1n) is 9.82. The van der Waals surface area contributed by atoms with E-state index >= 15 is 0 Å². The van der Waals surface area contributed by atoms with E-state index in [-0.39, 0.29) is 29.2 Å². The number of nitrogens with one attached hydrogen (secondary N) is 2. The van der Waals surface area contributed by atoms with Crippen molar-refractivity contribution in [3.05, 3.63) is 77.0 Å². The van der Waals surface area contributed by atoms with Gasteiger partial charge < -0.3 is 15.4 Å². The number of nitro benzene ring substituents is 1. The molecule has 0 saturated heterocycles. The molecule has 2 heterocycles. The third-order valence-corrected chi connectivity index (χ3v) is 4.42. The first-order chi connectivity index (χ1) is 15.8. The molecule has 10 nitrogen and oxygen atoms in total. The number of halogens is 1. The lowest BCUT2D eigenvalue weighted by molar-refractivity contribution is -0.384. The van der Waals surface area contributed by atoms with Crippen LogP contribution in [0.5, 0.6) is 5.75 Å². The molecule has 0 amide bonds. The van der Waals surface area contributed by atoms with Gasteiger partial charge >= 0.3 is 0 Å². The zero-order chi connectivity index (χ0) is 23.5. The fourth-order valence-corrected chi connectivity index (χ4v) is 2.97. The number of aryl methyl sites for hydroxylation is 1. The average molecular weight is 436 g/mol. The van der Waals surface area contributed by atoms with Crippen molar-refractivity contribution in [2.45, 2.75) is 0 Å². The Balaban J connectivity index is 1.80. The highest BCUT2D eigenvalue weighted by atomic mass is 19.1. The van der Waals surface area contributed by atoms with Crippen LogP contribution in [0.2, 0.25) is 0 Å². The Labute approximate surface area is 183 Å². The maximum atomic E-state index is 14.2. The number of hydrogen-bond donors (Lipinski definition) is 2. The van der Waals surface area contributed by atoms with Crippen molar-refractivity contribution in [1.29, 1.82) is 0 Å². The van der Waals surface area contributed by atoms with Gasteiger partial charge in [-0.3, -0.25) is 14.8 Å². The summed E-state index contributed by atoms with van der Waals surface area (Å²) in [6.07, 6.45) is 4.79. The van der Waals surface area contributed by atoms with Gasteiger partial charge in [-0.25, -0.2) is 9.37 Å². The van der Waals surface area contributed by atoms with Gasteiger partial charge in [-0.05, 0) is 23.7 Å². The minimum absolute atomic E-state index is 0.0174.